The third kappa shape index (κ3) is 9.35. The Bertz CT molecular complexity index is 2490. The normalized spacial score (nSPS) is 13.3. The molecule has 6 aromatic rings. The fourth-order valence-electron chi connectivity index (χ4n) is 8.83. The second kappa shape index (κ2) is 19.7. The highest BCUT2D eigenvalue weighted by atomic mass is 16.2. The number of unbranched alkanes of at least 4 members (excludes halogenated alkanes) is 5. The predicted molar refractivity (Wildman–Crippen MR) is 242 cm³/mol. The van der Waals surface area contributed by atoms with Crippen molar-refractivity contribution in [3.63, 3.8) is 0 Å². The lowest BCUT2D eigenvalue weighted by molar-refractivity contribution is -0.126. The minimum atomic E-state index is -0.450. The third-order valence-electron chi connectivity index (χ3n) is 12.1. The van der Waals surface area contributed by atoms with E-state index in [2.05, 4.69) is 10.6 Å². The van der Waals surface area contributed by atoms with Crippen LogP contribution in [-0.4, -0.2) is 64.9 Å². The molecule has 0 spiro atoms. The maximum Gasteiger partial charge on any atom is 0.261 e. The molecule has 0 radical (unpaired) electrons. The summed E-state index contributed by atoms with van der Waals surface area (Å²) in [5.74, 6) is -2.34. The fourth-order valence-corrected chi connectivity index (χ4v) is 8.83. The van der Waals surface area contributed by atoms with Gasteiger partial charge < -0.3 is 10.6 Å². The zero-order valence-electron chi connectivity index (χ0n) is 35.1. The van der Waals surface area contributed by atoms with Crippen molar-refractivity contribution in [2.24, 2.45) is 0 Å². The van der Waals surface area contributed by atoms with Gasteiger partial charge in [0.2, 0.25) is 11.8 Å². The van der Waals surface area contributed by atoms with Crippen LogP contribution in [0.3, 0.4) is 0 Å². The second-order valence-electron chi connectivity index (χ2n) is 16.2. The Morgan fingerprint density at radius 2 is 0.810 bits per heavy atom. The van der Waals surface area contributed by atoms with Gasteiger partial charge in [0.1, 0.15) is 0 Å². The first-order valence-corrected chi connectivity index (χ1v) is 21.9. The lowest BCUT2D eigenvalue weighted by atomic mass is 9.85. The lowest BCUT2D eigenvalue weighted by Gasteiger charge is -2.33. The van der Waals surface area contributed by atoms with E-state index in [0.717, 1.165) is 54.4 Å². The summed E-state index contributed by atoms with van der Waals surface area (Å²) < 4.78 is 0. The first-order valence-electron chi connectivity index (χ1n) is 21.9. The molecule has 2 aliphatic heterocycles. The van der Waals surface area contributed by atoms with Gasteiger partial charge in [-0.15, -0.1) is 0 Å². The highest BCUT2D eigenvalue weighted by Crippen LogP contribution is 2.39. The monoisotopic (exact) mass is 838 g/mol. The zero-order chi connectivity index (χ0) is 43.7. The van der Waals surface area contributed by atoms with Crippen molar-refractivity contribution < 1.29 is 28.8 Å². The van der Waals surface area contributed by atoms with E-state index in [1.807, 2.05) is 121 Å². The van der Waals surface area contributed by atoms with E-state index < -0.39 is 23.6 Å². The molecule has 0 atom stereocenters. The summed E-state index contributed by atoms with van der Waals surface area (Å²) in [6.07, 6.45) is 5.21. The van der Waals surface area contributed by atoms with Crippen LogP contribution in [-0.2, 0) is 9.59 Å². The fraction of sp³-hybridized carbons (Fsp3) is 0.245. The van der Waals surface area contributed by atoms with Crippen molar-refractivity contribution in [1.82, 2.24) is 20.4 Å². The van der Waals surface area contributed by atoms with Crippen molar-refractivity contribution in [2.45, 2.75) is 63.3 Å². The summed E-state index contributed by atoms with van der Waals surface area (Å²) in [6, 6.07) is 45.3. The number of carbonyl (C=O) groups excluding carboxylic acids is 6. The standard InChI is InChI=1S/C53H50N4O6/c58-45(31-32-46(59)55-49(38-23-13-7-14-24-38)39-25-15-8-16-26-39)54-33-17-3-1-2-4-18-34-56-50(60)40-27-29-42-48-43(30-28-41(47(40)48)51(56)61)53(63)57(52(42)62)35-44(36-19-9-5-10-20-36)37-21-11-6-12-22-37/h5-16,19-30,44,49H,1-4,17-18,31-35H2,(H,54,58)(H,55,59). The van der Waals surface area contributed by atoms with Gasteiger partial charge in [0.05, 0.1) is 6.04 Å². The summed E-state index contributed by atoms with van der Waals surface area (Å²) in [4.78, 5) is 83.9. The number of imide groups is 2. The molecule has 2 heterocycles. The number of nitrogens with one attached hydrogen (secondary N) is 2. The van der Waals surface area contributed by atoms with E-state index in [1.54, 1.807) is 24.3 Å². The Hall–Kier alpha value is -7.20. The molecule has 0 fully saturated rings. The first-order chi connectivity index (χ1) is 30.8. The molecule has 0 aromatic heterocycles. The number of nitrogens with zero attached hydrogens (tertiary/aromatic N) is 2. The Labute approximate surface area is 367 Å². The van der Waals surface area contributed by atoms with Crippen LogP contribution in [0.25, 0.3) is 10.8 Å². The van der Waals surface area contributed by atoms with Crippen molar-refractivity contribution >= 4 is 46.2 Å². The maximum absolute atomic E-state index is 14.1. The number of carbonyl (C=O) groups is 6. The number of hydrogen-bond donors (Lipinski definition) is 2. The molecule has 10 heteroatoms. The van der Waals surface area contributed by atoms with E-state index in [-0.39, 0.29) is 49.7 Å². The quantitative estimate of drug-likeness (QED) is 0.0618. The van der Waals surface area contributed by atoms with Crippen LogP contribution in [0.15, 0.2) is 146 Å². The molecule has 63 heavy (non-hydrogen) atoms. The third-order valence-corrected chi connectivity index (χ3v) is 12.1. The van der Waals surface area contributed by atoms with Crippen molar-refractivity contribution in [3.05, 3.63) is 190 Å². The van der Waals surface area contributed by atoms with Gasteiger partial charge in [-0.1, -0.05) is 147 Å². The SMILES string of the molecule is O=C(CCC(=O)NC(c1ccccc1)c1ccccc1)NCCCCCCCCN1C(=O)c2ccc3c4c(ccc(c24)C1=O)C(=O)N(CC(c1ccccc1)c1ccccc1)C3=O. The number of rotatable bonds is 19. The van der Waals surface area contributed by atoms with Crippen LogP contribution in [0, 0.1) is 0 Å². The van der Waals surface area contributed by atoms with Gasteiger partial charge in [0.15, 0.2) is 0 Å². The summed E-state index contributed by atoms with van der Waals surface area (Å²) in [7, 11) is 0. The molecule has 318 valence electrons. The van der Waals surface area contributed by atoms with Crippen LogP contribution in [0.4, 0.5) is 0 Å². The Morgan fingerprint density at radius 3 is 1.27 bits per heavy atom. The Balaban J connectivity index is 0.789. The molecule has 6 aromatic carbocycles. The number of benzene rings is 6. The van der Waals surface area contributed by atoms with Crippen LogP contribution in [0.2, 0.25) is 0 Å². The topological polar surface area (TPSA) is 133 Å². The van der Waals surface area contributed by atoms with Crippen LogP contribution >= 0.6 is 0 Å². The van der Waals surface area contributed by atoms with Gasteiger partial charge >= 0.3 is 0 Å². The summed E-state index contributed by atoms with van der Waals surface area (Å²) in [6.45, 7) is 0.918. The van der Waals surface area contributed by atoms with Gasteiger partial charge in [0.25, 0.3) is 23.6 Å². The Morgan fingerprint density at radius 1 is 0.429 bits per heavy atom. The minimum Gasteiger partial charge on any atom is -0.356 e. The van der Waals surface area contributed by atoms with Crippen LogP contribution in [0.1, 0.15) is 127 Å². The summed E-state index contributed by atoms with van der Waals surface area (Å²) in [5, 5.41) is 6.75. The molecule has 2 N–H and O–H groups in total. The van der Waals surface area contributed by atoms with E-state index in [0.29, 0.717) is 46.0 Å². The largest absolute Gasteiger partial charge is 0.356 e. The highest BCUT2D eigenvalue weighted by molar-refractivity contribution is 6.33. The molecular weight excluding hydrogens is 789 g/mol. The highest BCUT2D eigenvalue weighted by Gasteiger charge is 2.40. The lowest BCUT2D eigenvalue weighted by Crippen LogP contribution is -2.44. The van der Waals surface area contributed by atoms with E-state index >= 15 is 0 Å². The maximum atomic E-state index is 14.1. The van der Waals surface area contributed by atoms with Crippen LogP contribution in [0.5, 0.6) is 0 Å². The second-order valence-corrected chi connectivity index (χ2v) is 16.2. The van der Waals surface area contributed by atoms with Gasteiger partial charge in [0, 0.05) is 71.4 Å². The minimum absolute atomic E-state index is 0.0937. The molecule has 8 rings (SSSR count). The first kappa shape index (κ1) is 42.5. The van der Waals surface area contributed by atoms with Crippen molar-refractivity contribution in [3.8, 4) is 0 Å². The smallest absolute Gasteiger partial charge is 0.261 e. The van der Waals surface area contributed by atoms with Crippen molar-refractivity contribution in [2.75, 3.05) is 19.6 Å². The Kier molecular flexibility index (Phi) is 13.3. The number of amides is 6. The van der Waals surface area contributed by atoms with Crippen molar-refractivity contribution in [1.29, 1.82) is 0 Å². The van der Waals surface area contributed by atoms with Gasteiger partial charge in [-0.3, -0.25) is 38.6 Å². The number of hydrogen-bond acceptors (Lipinski definition) is 6. The average molecular weight is 839 g/mol. The predicted octanol–water partition coefficient (Wildman–Crippen LogP) is 9.01. The molecule has 0 saturated heterocycles. The van der Waals surface area contributed by atoms with E-state index in [4.69, 9.17) is 0 Å². The molecule has 2 aliphatic rings. The average Bonchev–Trinajstić information content (AvgIpc) is 3.32. The molecule has 0 bridgehead atoms. The molecule has 0 unspecified atom stereocenters. The van der Waals surface area contributed by atoms with E-state index in [9.17, 15) is 28.8 Å². The molecule has 6 amide bonds. The molecule has 0 aliphatic carbocycles. The molecule has 0 saturated carbocycles. The van der Waals surface area contributed by atoms with Gasteiger partial charge in [-0.2, -0.15) is 0 Å². The van der Waals surface area contributed by atoms with Gasteiger partial charge in [-0.25, -0.2) is 0 Å². The summed E-state index contributed by atoms with van der Waals surface area (Å²) >= 11 is 0. The molecular formula is C53H50N4O6. The molecule has 10 nitrogen and oxygen atoms in total. The van der Waals surface area contributed by atoms with Gasteiger partial charge in [-0.05, 0) is 59.4 Å². The zero-order valence-corrected chi connectivity index (χ0v) is 35.1. The van der Waals surface area contributed by atoms with Crippen LogP contribution < -0.4 is 10.6 Å². The van der Waals surface area contributed by atoms with E-state index in [1.165, 1.54) is 9.80 Å². The summed E-state index contributed by atoms with van der Waals surface area (Å²) in [5.41, 5.74) is 5.14.